The van der Waals surface area contributed by atoms with E-state index in [2.05, 4.69) is 10.4 Å². The highest BCUT2D eigenvalue weighted by Crippen LogP contribution is 2.32. The number of aryl methyl sites for hydroxylation is 3. The summed E-state index contributed by atoms with van der Waals surface area (Å²) in [6, 6.07) is 1.99. The number of nitrogens with zero attached hydrogens (tertiary/aromatic N) is 2. The summed E-state index contributed by atoms with van der Waals surface area (Å²) in [5.41, 5.74) is 2.04. The third-order valence-corrected chi connectivity index (χ3v) is 3.33. The number of carbonyl (C=O) groups excluding carboxylic acids is 1. The van der Waals surface area contributed by atoms with Gasteiger partial charge < -0.3 is 10.4 Å². The molecule has 1 unspecified atom stereocenters. The normalized spacial score (nSPS) is 16.6. The molecule has 5 heteroatoms. The van der Waals surface area contributed by atoms with Gasteiger partial charge in [-0.05, 0) is 38.7 Å². The molecule has 2 N–H and O–H groups in total. The Kier molecular flexibility index (Phi) is 4.01. The van der Waals surface area contributed by atoms with Gasteiger partial charge in [0.15, 0.2) is 0 Å². The van der Waals surface area contributed by atoms with Crippen LogP contribution < -0.4 is 5.32 Å². The molecule has 5 nitrogen and oxygen atoms in total. The lowest BCUT2D eigenvalue weighted by molar-refractivity contribution is -0.121. The number of hydrogen-bond acceptors (Lipinski definition) is 3. The molecular weight excluding hydrogens is 230 g/mol. The Hall–Kier alpha value is -1.36. The molecule has 1 amide bonds. The van der Waals surface area contributed by atoms with Crippen molar-refractivity contribution in [3.63, 3.8) is 0 Å². The molecular formula is C13H21N3O2. The Labute approximate surface area is 107 Å². The third-order valence-electron chi connectivity index (χ3n) is 3.33. The van der Waals surface area contributed by atoms with Crippen LogP contribution in [0.25, 0.3) is 0 Å². The van der Waals surface area contributed by atoms with Crippen LogP contribution in [0, 0.1) is 19.8 Å². The van der Waals surface area contributed by atoms with Crippen molar-refractivity contribution in [3.8, 4) is 0 Å². The van der Waals surface area contributed by atoms with Gasteiger partial charge in [-0.1, -0.05) is 0 Å². The Balaban J connectivity index is 1.69. The van der Waals surface area contributed by atoms with Crippen LogP contribution in [0.4, 0.5) is 0 Å². The van der Waals surface area contributed by atoms with Crippen molar-refractivity contribution in [3.05, 3.63) is 17.5 Å². The van der Waals surface area contributed by atoms with Gasteiger partial charge in [-0.25, -0.2) is 0 Å². The molecule has 2 rings (SSSR count). The van der Waals surface area contributed by atoms with Crippen LogP contribution in [-0.4, -0.2) is 33.4 Å². The van der Waals surface area contributed by atoms with Crippen LogP contribution in [0.2, 0.25) is 0 Å². The number of rotatable bonds is 6. The predicted octanol–water partition coefficient (Wildman–Crippen LogP) is 0.777. The highest BCUT2D eigenvalue weighted by atomic mass is 16.3. The smallest absolute Gasteiger partial charge is 0.221 e. The average Bonchev–Trinajstić information content (AvgIpc) is 3.10. The lowest BCUT2D eigenvalue weighted by Gasteiger charge is -2.10. The number of amides is 1. The minimum atomic E-state index is -0.373. The largest absolute Gasteiger partial charge is 0.391 e. The van der Waals surface area contributed by atoms with E-state index in [0.29, 0.717) is 25.4 Å². The standard InChI is InChI=1S/C13H21N3O2/c1-9-7-10(2)16(15-9)6-5-13(18)14-8-12(17)11-3-4-11/h7,11-12,17H,3-6,8H2,1-2H3,(H,14,18). The van der Waals surface area contributed by atoms with Crippen LogP contribution in [0.1, 0.15) is 30.7 Å². The van der Waals surface area contributed by atoms with Gasteiger partial charge in [0.2, 0.25) is 5.91 Å². The SMILES string of the molecule is Cc1cc(C)n(CCC(=O)NCC(O)C2CC2)n1. The van der Waals surface area contributed by atoms with Gasteiger partial charge in [0.1, 0.15) is 0 Å². The lowest BCUT2D eigenvalue weighted by atomic mass is 10.2. The van der Waals surface area contributed by atoms with Crippen molar-refractivity contribution in [1.29, 1.82) is 0 Å². The topological polar surface area (TPSA) is 67.2 Å². The zero-order valence-corrected chi connectivity index (χ0v) is 11.0. The van der Waals surface area contributed by atoms with Crippen LogP contribution in [0.15, 0.2) is 6.07 Å². The Bertz CT molecular complexity index is 424. The minimum Gasteiger partial charge on any atom is -0.391 e. The zero-order chi connectivity index (χ0) is 13.1. The summed E-state index contributed by atoms with van der Waals surface area (Å²) in [5, 5.41) is 16.7. The van der Waals surface area contributed by atoms with Gasteiger partial charge in [-0.2, -0.15) is 5.10 Å². The molecule has 1 aromatic heterocycles. The minimum absolute atomic E-state index is 0.0257. The predicted molar refractivity (Wildman–Crippen MR) is 68.1 cm³/mol. The molecule has 1 aliphatic carbocycles. The molecule has 0 aliphatic heterocycles. The van der Waals surface area contributed by atoms with E-state index in [1.165, 1.54) is 0 Å². The second-order valence-corrected chi connectivity index (χ2v) is 5.11. The van der Waals surface area contributed by atoms with Crippen molar-refractivity contribution < 1.29 is 9.90 Å². The molecule has 1 heterocycles. The summed E-state index contributed by atoms with van der Waals surface area (Å²) in [6.07, 6.45) is 2.20. The van der Waals surface area contributed by atoms with Crippen molar-refractivity contribution in [2.24, 2.45) is 5.92 Å². The first-order chi connectivity index (χ1) is 8.56. The van der Waals surface area contributed by atoms with E-state index >= 15 is 0 Å². The maximum Gasteiger partial charge on any atom is 0.221 e. The summed E-state index contributed by atoms with van der Waals surface area (Å²) in [4.78, 5) is 11.6. The summed E-state index contributed by atoms with van der Waals surface area (Å²) in [5.74, 6) is 0.378. The van der Waals surface area contributed by atoms with E-state index in [-0.39, 0.29) is 12.0 Å². The number of hydrogen-bond donors (Lipinski definition) is 2. The molecule has 0 spiro atoms. The van der Waals surface area contributed by atoms with E-state index in [1.54, 1.807) is 0 Å². The Morgan fingerprint density at radius 2 is 2.33 bits per heavy atom. The Morgan fingerprint density at radius 1 is 1.61 bits per heavy atom. The van der Waals surface area contributed by atoms with Crippen molar-refractivity contribution >= 4 is 5.91 Å². The third kappa shape index (κ3) is 3.57. The second-order valence-electron chi connectivity index (χ2n) is 5.11. The highest BCUT2D eigenvalue weighted by molar-refractivity contribution is 5.75. The molecule has 1 aliphatic rings. The molecule has 0 bridgehead atoms. The molecule has 100 valence electrons. The van der Waals surface area contributed by atoms with Crippen molar-refractivity contribution in [1.82, 2.24) is 15.1 Å². The summed E-state index contributed by atoms with van der Waals surface area (Å²) < 4.78 is 1.84. The monoisotopic (exact) mass is 251 g/mol. The summed E-state index contributed by atoms with van der Waals surface area (Å²) >= 11 is 0. The van der Waals surface area contributed by atoms with Crippen molar-refractivity contribution in [2.75, 3.05) is 6.54 Å². The first-order valence-corrected chi connectivity index (χ1v) is 6.52. The van der Waals surface area contributed by atoms with Crippen molar-refractivity contribution in [2.45, 2.75) is 45.8 Å². The van der Waals surface area contributed by atoms with Gasteiger partial charge in [-0.3, -0.25) is 9.48 Å². The fourth-order valence-corrected chi connectivity index (χ4v) is 2.06. The fraction of sp³-hybridized carbons (Fsp3) is 0.692. The van der Waals surface area contributed by atoms with Gasteiger partial charge in [-0.15, -0.1) is 0 Å². The molecule has 1 saturated carbocycles. The van der Waals surface area contributed by atoms with Crippen LogP contribution in [0.5, 0.6) is 0 Å². The molecule has 1 fully saturated rings. The quantitative estimate of drug-likeness (QED) is 0.785. The fourth-order valence-electron chi connectivity index (χ4n) is 2.06. The van der Waals surface area contributed by atoms with Crippen LogP contribution >= 0.6 is 0 Å². The number of nitrogens with one attached hydrogen (secondary N) is 1. The maximum absolute atomic E-state index is 11.6. The van der Waals surface area contributed by atoms with Gasteiger partial charge >= 0.3 is 0 Å². The van der Waals surface area contributed by atoms with E-state index in [4.69, 9.17) is 0 Å². The molecule has 18 heavy (non-hydrogen) atoms. The molecule has 1 aromatic rings. The molecule has 1 atom stereocenters. The van der Waals surface area contributed by atoms with Gasteiger partial charge in [0.05, 0.1) is 11.8 Å². The summed E-state index contributed by atoms with van der Waals surface area (Å²) in [7, 11) is 0. The van der Waals surface area contributed by atoms with E-state index in [1.807, 2.05) is 24.6 Å². The van der Waals surface area contributed by atoms with E-state index in [9.17, 15) is 9.90 Å². The Morgan fingerprint density at radius 3 is 2.89 bits per heavy atom. The van der Waals surface area contributed by atoms with Gasteiger partial charge in [0.25, 0.3) is 0 Å². The summed E-state index contributed by atoms with van der Waals surface area (Å²) in [6.45, 7) is 4.88. The van der Waals surface area contributed by atoms with Crippen LogP contribution in [0.3, 0.4) is 0 Å². The van der Waals surface area contributed by atoms with Crippen LogP contribution in [-0.2, 0) is 11.3 Å². The number of aromatic nitrogens is 2. The van der Waals surface area contributed by atoms with Gasteiger partial charge in [0, 0.05) is 25.2 Å². The van der Waals surface area contributed by atoms with E-state index < -0.39 is 0 Å². The first kappa shape index (κ1) is 13.1. The van der Waals surface area contributed by atoms with E-state index in [0.717, 1.165) is 24.2 Å². The molecule has 0 saturated heterocycles. The molecule has 0 aromatic carbocycles. The zero-order valence-electron chi connectivity index (χ0n) is 11.0. The first-order valence-electron chi connectivity index (χ1n) is 6.52. The second kappa shape index (κ2) is 5.52. The number of aliphatic hydroxyl groups excluding tert-OH is 1. The molecule has 0 radical (unpaired) electrons. The number of carbonyl (C=O) groups is 1. The highest BCUT2D eigenvalue weighted by Gasteiger charge is 2.29. The average molecular weight is 251 g/mol. The maximum atomic E-state index is 11.6. The number of aliphatic hydroxyl groups is 1. The lowest BCUT2D eigenvalue weighted by Crippen LogP contribution is -2.33.